The maximum absolute atomic E-state index is 2.44. The molecule has 0 radical (unpaired) electrons. The first-order valence-electron chi connectivity index (χ1n) is 6.03. The van der Waals surface area contributed by atoms with Crippen molar-refractivity contribution in [2.24, 2.45) is 0 Å². The van der Waals surface area contributed by atoms with Crippen molar-refractivity contribution in [3.63, 3.8) is 0 Å². The van der Waals surface area contributed by atoms with Gasteiger partial charge in [0.05, 0.1) is 0 Å². The largest absolute Gasteiger partial charge is 0.302 e. The predicted octanol–water partition coefficient (Wildman–Crippen LogP) is 3.15. The Kier molecular flexibility index (Phi) is 3.42. The summed E-state index contributed by atoms with van der Waals surface area (Å²) in [4.78, 5) is 2.44. The van der Waals surface area contributed by atoms with Crippen molar-refractivity contribution in [3.05, 3.63) is 34.9 Å². The topological polar surface area (TPSA) is 3.24 Å². The van der Waals surface area contributed by atoms with Gasteiger partial charge in [-0.15, -0.1) is 0 Å². The van der Waals surface area contributed by atoms with Crippen LogP contribution in [0.4, 0.5) is 0 Å². The Morgan fingerprint density at radius 1 is 1.07 bits per heavy atom. The zero-order valence-corrected chi connectivity index (χ0v) is 9.92. The molecule has 0 unspecified atom stereocenters. The first-order valence-corrected chi connectivity index (χ1v) is 6.03. The summed E-state index contributed by atoms with van der Waals surface area (Å²) < 4.78 is 0. The quantitative estimate of drug-likeness (QED) is 0.626. The van der Waals surface area contributed by atoms with Gasteiger partial charge in [-0.1, -0.05) is 24.6 Å². The van der Waals surface area contributed by atoms with Crippen molar-refractivity contribution in [2.75, 3.05) is 13.6 Å². The smallest absolute Gasteiger partial charge is 0.0233 e. The first-order chi connectivity index (χ1) is 7.27. The van der Waals surface area contributed by atoms with Gasteiger partial charge < -0.3 is 4.90 Å². The van der Waals surface area contributed by atoms with Crippen LogP contribution in [-0.4, -0.2) is 18.5 Å². The number of fused-ring (bicyclic) bond motifs is 2. The summed E-state index contributed by atoms with van der Waals surface area (Å²) in [5.74, 6) is 0. The number of rotatable bonds is 0. The number of hydrogen-bond donors (Lipinski definition) is 0. The Morgan fingerprint density at radius 3 is 2.73 bits per heavy atom. The monoisotopic (exact) mass is 203 g/mol. The molecule has 1 aliphatic heterocycles. The lowest BCUT2D eigenvalue weighted by Crippen LogP contribution is -2.20. The minimum absolute atomic E-state index is 1.11. The van der Waals surface area contributed by atoms with E-state index in [-0.39, 0.29) is 0 Å². The summed E-state index contributed by atoms with van der Waals surface area (Å²) in [6.45, 7) is 4.63. The van der Waals surface area contributed by atoms with E-state index in [1.165, 1.54) is 43.4 Å². The van der Waals surface area contributed by atoms with E-state index in [2.05, 4.69) is 37.1 Å². The molecule has 0 aromatic heterocycles. The average molecular weight is 203 g/mol. The Morgan fingerprint density at radius 2 is 1.87 bits per heavy atom. The SMILES string of the molecule is Cc1c2cccc1CN(C)CCCCC2. The van der Waals surface area contributed by atoms with E-state index < -0.39 is 0 Å². The second kappa shape index (κ2) is 4.80. The molecule has 0 atom stereocenters. The standard InChI is InChI=1S/C14H21N/c1-12-13-7-4-3-5-10-15(2)11-14(12)9-6-8-13/h6,8-9H,3-5,7,10-11H2,1-2H3. The fourth-order valence-electron chi connectivity index (χ4n) is 2.42. The molecular formula is C14H21N. The van der Waals surface area contributed by atoms with Crippen molar-refractivity contribution in [1.29, 1.82) is 0 Å². The maximum Gasteiger partial charge on any atom is 0.0233 e. The van der Waals surface area contributed by atoms with Gasteiger partial charge in [-0.25, -0.2) is 0 Å². The predicted molar refractivity (Wildman–Crippen MR) is 65.1 cm³/mol. The molecular weight excluding hydrogens is 182 g/mol. The molecule has 0 saturated carbocycles. The second-order valence-corrected chi connectivity index (χ2v) is 4.75. The van der Waals surface area contributed by atoms with Crippen LogP contribution >= 0.6 is 0 Å². The Balaban J connectivity index is 2.28. The number of benzene rings is 1. The molecule has 2 bridgehead atoms. The fraction of sp³-hybridized carbons (Fsp3) is 0.571. The van der Waals surface area contributed by atoms with Gasteiger partial charge in [-0.05, 0) is 56.5 Å². The molecule has 0 fully saturated rings. The van der Waals surface area contributed by atoms with E-state index in [0.29, 0.717) is 0 Å². The Labute approximate surface area is 93.1 Å². The molecule has 1 aliphatic rings. The van der Waals surface area contributed by atoms with Crippen LogP contribution in [0.1, 0.15) is 36.0 Å². The third-order valence-electron chi connectivity index (χ3n) is 3.48. The van der Waals surface area contributed by atoms with Crippen LogP contribution in [0.15, 0.2) is 18.2 Å². The molecule has 0 spiro atoms. The minimum atomic E-state index is 1.11. The van der Waals surface area contributed by atoms with Gasteiger partial charge in [0.25, 0.3) is 0 Å². The molecule has 1 aromatic carbocycles. The van der Waals surface area contributed by atoms with Crippen molar-refractivity contribution >= 4 is 0 Å². The van der Waals surface area contributed by atoms with E-state index in [9.17, 15) is 0 Å². The number of nitrogens with zero attached hydrogens (tertiary/aromatic N) is 1. The summed E-state index contributed by atoms with van der Waals surface area (Å²) in [5, 5.41) is 0. The summed E-state index contributed by atoms with van der Waals surface area (Å²) in [6.07, 6.45) is 5.33. The summed E-state index contributed by atoms with van der Waals surface area (Å²) in [5.41, 5.74) is 4.59. The molecule has 1 aromatic rings. The van der Waals surface area contributed by atoms with E-state index in [0.717, 1.165) is 6.54 Å². The van der Waals surface area contributed by atoms with Gasteiger partial charge in [0.1, 0.15) is 0 Å². The molecule has 1 heteroatoms. The lowest BCUT2D eigenvalue weighted by atomic mass is 9.96. The van der Waals surface area contributed by atoms with Gasteiger partial charge in [-0.3, -0.25) is 0 Å². The molecule has 82 valence electrons. The van der Waals surface area contributed by atoms with Crippen molar-refractivity contribution in [1.82, 2.24) is 4.90 Å². The number of hydrogen-bond acceptors (Lipinski definition) is 1. The van der Waals surface area contributed by atoms with Crippen LogP contribution in [0.3, 0.4) is 0 Å². The highest BCUT2D eigenvalue weighted by Crippen LogP contribution is 2.19. The van der Waals surface area contributed by atoms with Gasteiger partial charge in [0.2, 0.25) is 0 Å². The molecule has 0 saturated heterocycles. The van der Waals surface area contributed by atoms with E-state index in [4.69, 9.17) is 0 Å². The van der Waals surface area contributed by atoms with Gasteiger partial charge in [-0.2, -0.15) is 0 Å². The zero-order chi connectivity index (χ0) is 10.7. The van der Waals surface area contributed by atoms with E-state index >= 15 is 0 Å². The average Bonchev–Trinajstić information content (AvgIpc) is 2.21. The highest BCUT2D eigenvalue weighted by atomic mass is 15.1. The van der Waals surface area contributed by atoms with Crippen LogP contribution < -0.4 is 0 Å². The third kappa shape index (κ3) is 2.60. The highest BCUT2D eigenvalue weighted by molar-refractivity contribution is 5.34. The summed E-state index contributed by atoms with van der Waals surface area (Å²) in [7, 11) is 2.23. The molecule has 0 aliphatic carbocycles. The van der Waals surface area contributed by atoms with Crippen LogP contribution in [-0.2, 0) is 13.0 Å². The fourth-order valence-corrected chi connectivity index (χ4v) is 2.42. The molecule has 0 amide bonds. The van der Waals surface area contributed by atoms with Crippen molar-refractivity contribution in [2.45, 2.75) is 39.2 Å². The normalized spacial score (nSPS) is 18.8. The van der Waals surface area contributed by atoms with Crippen molar-refractivity contribution in [3.8, 4) is 0 Å². The van der Waals surface area contributed by atoms with Crippen molar-refractivity contribution < 1.29 is 0 Å². The third-order valence-corrected chi connectivity index (χ3v) is 3.48. The lowest BCUT2D eigenvalue weighted by molar-refractivity contribution is 0.315. The van der Waals surface area contributed by atoms with Gasteiger partial charge in [0, 0.05) is 6.54 Å². The summed E-state index contributed by atoms with van der Waals surface area (Å²) in [6, 6.07) is 6.78. The van der Waals surface area contributed by atoms with Gasteiger partial charge in [0.15, 0.2) is 0 Å². The van der Waals surface area contributed by atoms with Crippen LogP contribution in [0.25, 0.3) is 0 Å². The second-order valence-electron chi connectivity index (χ2n) is 4.75. The van der Waals surface area contributed by atoms with Crippen LogP contribution in [0, 0.1) is 6.92 Å². The van der Waals surface area contributed by atoms with Gasteiger partial charge >= 0.3 is 0 Å². The van der Waals surface area contributed by atoms with Crippen LogP contribution in [0.5, 0.6) is 0 Å². The molecule has 15 heavy (non-hydrogen) atoms. The molecule has 1 nitrogen and oxygen atoms in total. The zero-order valence-electron chi connectivity index (χ0n) is 9.92. The maximum atomic E-state index is 2.44. The van der Waals surface area contributed by atoms with E-state index in [1.807, 2.05) is 0 Å². The van der Waals surface area contributed by atoms with E-state index in [1.54, 1.807) is 5.56 Å². The Bertz CT molecular complexity index is 330. The molecule has 2 rings (SSSR count). The highest BCUT2D eigenvalue weighted by Gasteiger charge is 2.08. The number of aryl methyl sites for hydroxylation is 1. The lowest BCUT2D eigenvalue weighted by Gasteiger charge is -2.21. The molecule has 0 N–H and O–H groups in total. The summed E-state index contributed by atoms with van der Waals surface area (Å²) >= 11 is 0. The molecule has 1 heterocycles. The minimum Gasteiger partial charge on any atom is -0.302 e. The Hall–Kier alpha value is -0.820. The van der Waals surface area contributed by atoms with Crippen LogP contribution in [0.2, 0.25) is 0 Å². The first kappa shape index (κ1) is 10.7.